The van der Waals surface area contributed by atoms with E-state index in [1.54, 1.807) is 0 Å². The topological polar surface area (TPSA) is 46.5 Å². The number of benzene rings is 2. The first-order valence-electron chi connectivity index (χ1n) is 8.23. The number of methoxy groups -OCH3 is 1. The number of carbonyl (C=O) groups excluding carboxylic acids is 1. The van der Waals surface area contributed by atoms with Crippen molar-refractivity contribution < 1.29 is 27.8 Å². The molecule has 2 aromatic carbocycles. The molecule has 2 aromatic rings. The molecule has 26 heavy (non-hydrogen) atoms. The van der Waals surface area contributed by atoms with Gasteiger partial charge in [0.05, 0.1) is 12.7 Å². The molecule has 1 N–H and O–H groups in total. The number of phenols is 1. The van der Waals surface area contributed by atoms with Crippen LogP contribution in [0.1, 0.15) is 66.6 Å². The van der Waals surface area contributed by atoms with Crippen LogP contribution in [-0.4, -0.2) is 18.0 Å². The highest BCUT2D eigenvalue weighted by atomic mass is 19.2. The standard InChI is InChI=1S/C20H21F3O3/c1-9(2)12-6-11(7-13(10(3)4)19(12)25)18(24)14-8-15(21)17(23)20(26-5)16(14)22/h6-10,25H,1-5H3. The molecule has 2 rings (SSSR count). The molecule has 0 aliphatic rings. The Labute approximate surface area is 150 Å². The van der Waals surface area contributed by atoms with Crippen molar-refractivity contribution in [2.45, 2.75) is 39.5 Å². The van der Waals surface area contributed by atoms with Crippen molar-refractivity contribution >= 4 is 5.78 Å². The summed E-state index contributed by atoms with van der Waals surface area (Å²) >= 11 is 0. The van der Waals surface area contributed by atoms with Gasteiger partial charge in [0, 0.05) is 5.56 Å². The molecular weight excluding hydrogens is 345 g/mol. The van der Waals surface area contributed by atoms with E-state index in [0.717, 1.165) is 7.11 Å². The Morgan fingerprint density at radius 2 is 1.46 bits per heavy atom. The van der Waals surface area contributed by atoms with E-state index >= 15 is 0 Å². The summed E-state index contributed by atoms with van der Waals surface area (Å²) in [5.74, 6) is -5.99. The first-order valence-corrected chi connectivity index (χ1v) is 8.23. The Kier molecular flexibility index (Phi) is 5.64. The number of phenolic OH excluding ortho intramolecular Hbond substituents is 1. The first kappa shape index (κ1) is 19.8. The smallest absolute Gasteiger partial charge is 0.203 e. The number of rotatable bonds is 5. The number of ketones is 1. The molecule has 0 aliphatic heterocycles. The largest absolute Gasteiger partial charge is 0.507 e. The molecule has 0 heterocycles. The van der Waals surface area contributed by atoms with Gasteiger partial charge in [-0.05, 0) is 41.2 Å². The molecule has 0 atom stereocenters. The van der Waals surface area contributed by atoms with E-state index in [-0.39, 0.29) is 23.1 Å². The fourth-order valence-corrected chi connectivity index (χ4v) is 2.77. The van der Waals surface area contributed by atoms with Gasteiger partial charge in [0.1, 0.15) is 5.75 Å². The SMILES string of the molecule is COc1c(F)c(F)cc(C(=O)c2cc(C(C)C)c(O)c(C(C)C)c2)c1F. The van der Waals surface area contributed by atoms with Crippen molar-refractivity contribution in [1.29, 1.82) is 0 Å². The Morgan fingerprint density at radius 1 is 0.962 bits per heavy atom. The van der Waals surface area contributed by atoms with E-state index in [0.29, 0.717) is 17.2 Å². The third-order valence-electron chi connectivity index (χ3n) is 4.24. The summed E-state index contributed by atoms with van der Waals surface area (Å²) in [5, 5.41) is 10.4. The zero-order chi connectivity index (χ0) is 19.8. The number of halogens is 3. The van der Waals surface area contributed by atoms with Crippen LogP contribution in [0.4, 0.5) is 13.2 Å². The third-order valence-corrected chi connectivity index (χ3v) is 4.24. The van der Waals surface area contributed by atoms with Gasteiger partial charge in [-0.1, -0.05) is 27.7 Å². The van der Waals surface area contributed by atoms with Crippen molar-refractivity contribution in [2.24, 2.45) is 0 Å². The van der Waals surface area contributed by atoms with Gasteiger partial charge in [0.25, 0.3) is 0 Å². The van der Waals surface area contributed by atoms with Gasteiger partial charge in [-0.3, -0.25) is 4.79 Å². The van der Waals surface area contributed by atoms with Gasteiger partial charge >= 0.3 is 0 Å². The maximum atomic E-state index is 14.4. The van der Waals surface area contributed by atoms with Crippen LogP contribution in [0.2, 0.25) is 0 Å². The van der Waals surface area contributed by atoms with Gasteiger partial charge in [-0.25, -0.2) is 8.78 Å². The number of carbonyl (C=O) groups is 1. The Balaban J connectivity index is 2.70. The molecule has 0 aliphatic carbocycles. The van der Waals surface area contributed by atoms with Gasteiger partial charge in [-0.2, -0.15) is 4.39 Å². The normalized spacial score (nSPS) is 11.3. The molecule has 0 saturated heterocycles. The van der Waals surface area contributed by atoms with Crippen molar-refractivity contribution in [3.63, 3.8) is 0 Å². The molecule has 6 heteroatoms. The van der Waals surface area contributed by atoms with Crippen LogP contribution in [0.25, 0.3) is 0 Å². The van der Waals surface area contributed by atoms with Crippen LogP contribution < -0.4 is 4.74 Å². The van der Waals surface area contributed by atoms with Crippen LogP contribution in [-0.2, 0) is 0 Å². The summed E-state index contributed by atoms with van der Waals surface area (Å²) in [6, 6.07) is 3.41. The second-order valence-corrected chi connectivity index (χ2v) is 6.71. The van der Waals surface area contributed by atoms with Crippen LogP contribution >= 0.6 is 0 Å². The summed E-state index contributed by atoms with van der Waals surface area (Å²) in [6.45, 7) is 7.37. The summed E-state index contributed by atoms with van der Waals surface area (Å²) in [4.78, 5) is 12.8. The monoisotopic (exact) mass is 366 g/mol. The van der Waals surface area contributed by atoms with E-state index < -0.39 is 34.5 Å². The lowest BCUT2D eigenvalue weighted by molar-refractivity contribution is 0.103. The second kappa shape index (κ2) is 7.40. The van der Waals surface area contributed by atoms with Crippen molar-refractivity contribution in [2.75, 3.05) is 7.11 Å². The van der Waals surface area contributed by atoms with E-state index in [1.165, 1.54) is 12.1 Å². The van der Waals surface area contributed by atoms with E-state index in [1.807, 2.05) is 27.7 Å². The average molecular weight is 366 g/mol. The predicted octanol–water partition coefficient (Wildman–Crippen LogP) is 5.30. The summed E-state index contributed by atoms with van der Waals surface area (Å²) in [6.07, 6.45) is 0. The Morgan fingerprint density at radius 3 is 1.88 bits per heavy atom. The number of hydrogen-bond donors (Lipinski definition) is 1. The first-order chi connectivity index (χ1) is 12.1. The molecule has 0 radical (unpaired) electrons. The van der Waals surface area contributed by atoms with Gasteiger partial charge in [-0.15, -0.1) is 0 Å². The molecule has 0 bridgehead atoms. The second-order valence-electron chi connectivity index (χ2n) is 6.71. The third kappa shape index (κ3) is 3.41. The van der Waals surface area contributed by atoms with Gasteiger partial charge in [0.2, 0.25) is 5.82 Å². The maximum Gasteiger partial charge on any atom is 0.203 e. The molecule has 0 aromatic heterocycles. The molecule has 0 spiro atoms. The fraction of sp³-hybridized carbons (Fsp3) is 0.350. The van der Waals surface area contributed by atoms with E-state index in [4.69, 9.17) is 0 Å². The molecule has 0 amide bonds. The molecular formula is C20H21F3O3. The minimum atomic E-state index is -1.49. The lowest BCUT2D eigenvalue weighted by Crippen LogP contribution is -2.10. The molecule has 140 valence electrons. The van der Waals surface area contributed by atoms with Crippen molar-refractivity contribution in [3.8, 4) is 11.5 Å². The van der Waals surface area contributed by atoms with Crippen LogP contribution in [0.15, 0.2) is 18.2 Å². The number of aromatic hydroxyl groups is 1. The molecule has 0 saturated carbocycles. The van der Waals surface area contributed by atoms with Crippen LogP contribution in [0.5, 0.6) is 11.5 Å². The summed E-state index contributed by atoms with van der Waals surface area (Å²) in [5.41, 5.74) is 0.502. The van der Waals surface area contributed by atoms with Gasteiger partial charge < -0.3 is 9.84 Å². The Hall–Kier alpha value is -2.50. The number of ether oxygens (including phenoxy) is 1. The highest BCUT2D eigenvalue weighted by Gasteiger charge is 2.26. The van der Waals surface area contributed by atoms with E-state index in [2.05, 4.69) is 4.74 Å². The minimum absolute atomic E-state index is 0.0786. The van der Waals surface area contributed by atoms with Crippen molar-refractivity contribution in [3.05, 3.63) is 57.9 Å². The van der Waals surface area contributed by atoms with Gasteiger partial charge in [0.15, 0.2) is 23.2 Å². The lowest BCUT2D eigenvalue weighted by Gasteiger charge is -2.17. The minimum Gasteiger partial charge on any atom is -0.507 e. The average Bonchev–Trinajstić information content (AvgIpc) is 2.57. The maximum absolute atomic E-state index is 14.4. The van der Waals surface area contributed by atoms with Crippen LogP contribution in [0.3, 0.4) is 0 Å². The molecule has 0 unspecified atom stereocenters. The lowest BCUT2D eigenvalue weighted by atomic mass is 9.89. The highest BCUT2D eigenvalue weighted by Crippen LogP contribution is 2.36. The quantitative estimate of drug-likeness (QED) is 0.577. The Bertz CT molecular complexity index is 829. The number of hydrogen-bond acceptors (Lipinski definition) is 3. The van der Waals surface area contributed by atoms with Crippen molar-refractivity contribution in [1.82, 2.24) is 0 Å². The summed E-state index contributed by atoms with van der Waals surface area (Å²) in [7, 11) is 0.990. The zero-order valence-electron chi connectivity index (χ0n) is 15.3. The molecule has 0 fully saturated rings. The summed E-state index contributed by atoms with van der Waals surface area (Å²) < 4.78 is 46.4. The molecule has 3 nitrogen and oxygen atoms in total. The predicted molar refractivity (Wildman–Crippen MR) is 92.6 cm³/mol. The highest BCUT2D eigenvalue weighted by molar-refractivity contribution is 6.09. The van der Waals surface area contributed by atoms with Crippen LogP contribution in [0, 0.1) is 17.5 Å². The van der Waals surface area contributed by atoms with E-state index in [9.17, 15) is 23.1 Å². The zero-order valence-corrected chi connectivity index (χ0v) is 15.3. The fourth-order valence-electron chi connectivity index (χ4n) is 2.77.